The molecule has 19 heavy (non-hydrogen) atoms. The summed E-state index contributed by atoms with van der Waals surface area (Å²) in [5.41, 5.74) is 4.73. The van der Waals surface area contributed by atoms with Crippen LogP contribution in [0.15, 0.2) is 18.2 Å². The fourth-order valence-electron chi connectivity index (χ4n) is 2.99. The Labute approximate surface area is 118 Å². The molecule has 2 nitrogen and oxygen atoms in total. The number of rotatable bonds is 5. The van der Waals surface area contributed by atoms with Crippen molar-refractivity contribution in [3.8, 4) is 0 Å². The number of aryl methyl sites for hydroxylation is 1. The number of nitrogens with zero attached hydrogens (tertiary/aromatic N) is 2. The lowest BCUT2D eigenvalue weighted by Crippen LogP contribution is -2.44. The Hall–Kier alpha value is -0.860. The summed E-state index contributed by atoms with van der Waals surface area (Å²) in [6, 6.07) is 6.88. The summed E-state index contributed by atoms with van der Waals surface area (Å²) in [5.74, 6) is 0. The van der Waals surface area contributed by atoms with Crippen molar-refractivity contribution in [1.82, 2.24) is 9.80 Å². The summed E-state index contributed by atoms with van der Waals surface area (Å²) >= 11 is 0. The normalized spacial score (nSPS) is 17.8. The zero-order valence-corrected chi connectivity index (χ0v) is 12.8. The van der Waals surface area contributed by atoms with Gasteiger partial charge in [0, 0.05) is 32.7 Å². The molecule has 0 amide bonds. The highest BCUT2D eigenvalue weighted by Crippen LogP contribution is 2.20. The number of benzene rings is 1. The van der Waals surface area contributed by atoms with Crippen LogP contribution in [0.4, 0.5) is 0 Å². The van der Waals surface area contributed by atoms with Crippen LogP contribution in [0.3, 0.4) is 0 Å². The zero-order valence-electron chi connectivity index (χ0n) is 12.8. The van der Waals surface area contributed by atoms with Crippen molar-refractivity contribution in [2.24, 2.45) is 0 Å². The second-order valence-corrected chi connectivity index (χ2v) is 5.74. The van der Waals surface area contributed by atoms with E-state index in [2.05, 4.69) is 48.9 Å². The molecule has 1 aromatic carbocycles. The molecule has 1 aliphatic rings. The highest BCUT2D eigenvalue weighted by atomic mass is 15.2. The maximum Gasteiger partial charge on any atom is 0.0237 e. The van der Waals surface area contributed by atoms with Gasteiger partial charge in [-0.2, -0.15) is 0 Å². The van der Waals surface area contributed by atoms with Crippen LogP contribution in [0.25, 0.3) is 0 Å². The van der Waals surface area contributed by atoms with Gasteiger partial charge in [-0.1, -0.05) is 38.5 Å². The molecule has 0 saturated carbocycles. The summed E-state index contributed by atoms with van der Waals surface area (Å²) in [5, 5.41) is 0. The fourth-order valence-corrected chi connectivity index (χ4v) is 2.99. The van der Waals surface area contributed by atoms with Crippen molar-refractivity contribution in [2.75, 3.05) is 33.2 Å². The molecule has 1 heterocycles. The maximum atomic E-state index is 2.61. The van der Waals surface area contributed by atoms with E-state index in [1.807, 2.05) is 0 Å². The lowest BCUT2D eigenvalue weighted by molar-refractivity contribution is 0.148. The lowest BCUT2D eigenvalue weighted by atomic mass is 9.95. The minimum atomic E-state index is 1.14. The van der Waals surface area contributed by atoms with E-state index in [1.54, 1.807) is 16.7 Å². The van der Waals surface area contributed by atoms with Crippen LogP contribution in [-0.4, -0.2) is 43.0 Å². The SMILES string of the molecule is CCCc1c(CC)cccc1CN1CCN(C)CC1. The Morgan fingerprint density at radius 3 is 2.32 bits per heavy atom. The molecule has 0 aliphatic carbocycles. The Morgan fingerprint density at radius 2 is 1.68 bits per heavy atom. The summed E-state index contributed by atoms with van der Waals surface area (Å²) in [6.07, 6.45) is 3.63. The molecule has 0 spiro atoms. The summed E-state index contributed by atoms with van der Waals surface area (Å²) in [4.78, 5) is 5.03. The number of hydrogen-bond acceptors (Lipinski definition) is 2. The van der Waals surface area contributed by atoms with Crippen LogP contribution in [0, 0.1) is 0 Å². The molecule has 2 heteroatoms. The first kappa shape index (κ1) is 14.5. The molecule has 1 aromatic rings. The molecular weight excluding hydrogens is 232 g/mol. The van der Waals surface area contributed by atoms with Crippen LogP contribution < -0.4 is 0 Å². The van der Waals surface area contributed by atoms with Gasteiger partial charge in [0.2, 0.25) is 0 Å². The van der Waals surface area contributed by atoms with Crippen molar-refractivity contribution in [1.29, 1.82) is 0 Å². The van der Waals surface area contributed by atoms with Crippen molar-refractivity contribution >= 4 is 0 Å². The number of piperazine rings is 1. The predicted octanol–water partition coefficient (Wildman–Crippen LogP) is 2.95. The highest BCUT2D eigenvalue weighted by Gasteiger charge is 2.15. The lowest BCUT2D eigenvalue weighted by Gasteiger charge is -2.33. The standard InChI is InChI=1S/C17H28N2/c1-4-7-17-15(5-2)8-6-9-16(17)14-19-12-10-18(3)11-13-19/h6,8-9H,4-5,7,10-14H2,1-3H3. The Bertz CT molecular complexity index is 392. The molecule has 0 aromatic heterocycles. The van der Waals surface area contributed by atoms with Gasteiger partial charge < -0.3 is 4.90 Å². The first-order valence-corrected chi connectivity index (χ1v) is 7.75. The van der Waals surface area contributed by atoms with E-state index in [4.69, 9.17) is 0 Å². The molecule has 0 unspecified atom stereocenters. The maximum absolute atomic E-state index is 2.61. The van der Waals surface area contributed by atoms with E-state index in [1.165, 1.54) is 39.0 Å². The highest BCUT2D eigenvalue weighted by molar-refractivity contribution is 5.35. The average Bonchev–Trinajstić information content (AvgIpc) is 2.43. The van der Waals surface area contributed by atoms with Gasteiger partial charge in [0.15, 0.2) is 0 Å². The third-order valence-corrected chi connectivity index (χ3v) is 4.24. The third kappa shape index (κ3) is 3.80. The van der Waals surface area contributed by atoms with Crippen molar-refractivity contribution in [2.45, 2.75) is 39.7 Å². The van der Waals surface area contributed by atoms with Crippen LogP contribution in [0.1, 0.15) is 37.0 Å². The minimum absolute atomic E-state index is 1.14. The van der Waals surface area contributed by atoms with Crippen molar-refractivity contribution in [3.63, 3.8) is 0 Å². The number of likely N-dealkylation sites (N-methyl/N-ethyl adjacent to an activating group) is 1. The average molecular weight is 260 g/mol. The largest absolute Gasteiger partial charge is 0.304 e. The molecule has 0 bridgehead atoms. The first-order chi connectivity index (χ1) is 9.24. The smallest absolute Gasteiger partial charge is 0.0237 e. The molecule has 0 radical (unpaired) electrons. The Balaban J connectivity index is 2.10. The minimum Gasteiger partial charge on any atom is -0.304 e. The van der Waals surface area contributed by atoms with Gasteiger partial charge >= 0.3 is 0 Å². The number of hydrogen-bond donors (Lipinski definition) is 0. The van der Waals surface area contributed by atoms with E-state index in [0.717, 1.165) is 13.0 Å². The third-order valence-electron chi connectivity index (χ3n) is 4.24. The molecule has 0 atom stereocenters. The van der Waals surface area contributed by atoms with Gasteiger partial charge in [-0.05, 0) is 36.6 Å². The van der Waals surface area contributed by atoms with E-state index < -0.39 is 0 Å². The Morgan fingerprint density at radius 1 is 1.00 bits per heavy atom. The van der Waals surface area contributed by atoms with Gasteiger partial charge in [0.1, 0.15) is 0 Å². The summed E-state index contributed by atoms with van der Waals surface area (Å²) in [7, 11) is 2.22. The van der Waals surface area contributed by atoms with E-state index >= 15 is 0 Å². The van der Waals surface area contributed by atoms with E-state index in [0.29, 0.717) is 0 Å². The fraction of sp³-hybridized carbons (Fsp3) is 0.647. The summed E-state index contributed by atoms with van der Waals surface area (Å²) < 4.78 is 0. The van der Waals surface area contributed by atoms with Gasteiger partial charge in [0.05, 0.1) is 0 Å². The van der Waals surface area contributed by atoms with E-state index in [9.17, 15) is 0 Å². The molecule has 0 N–H and O–H groups in total. The second-order valence-electron chi connectivity index (χ2n) is 5.74. The van der Waals surface area contributed by atoms with Crippen LogP contribution in [0.5, 0.6) is 0 Å². The van der Waals surface area contributed by atoms with E-state index in [-0.39, 0.29) is 0 Å². The van der Waals surface area contributed by atoms with Gasteiger partial charge in [-0.25, -0.2) is 0 Å². The second kappa shape index (κ2) is 7.06. The molecular formula is C17H28N2. The molecule has 1 fully saturated rings. The van der Waals surface area contributed by atoms with Gasteiger partial charge in [-0.3, -0.25) is 4.90 Å². The van der Waals surface area contributed by atoms with Gasteiger partial charge in [-0.15, -0.1) is 0 Å². The van der Waals surface area contributed by atoms with Crippen LogP contribution >= 0.6 is 0 Å². The van der Waals surface area contributed by atoms with Crippen LogP contribution in [0.2, 0.25) is 0 Å². The van der Waals surface area contributed by atoms with Crippen molar-refractivity contribution < 1.29 is 0 Å². The summed E-state index contributed by atoms with van der Waals surface area (Å²) in [6.45, 7) is 10.5. The topological polar surface area (TPSA) is 6.48 Å². The molecule has 106 valence electrons. The predicted molar refractivity (Wildman–Crippen MR) is 82.6 cm³/mol. The van der Waals surface area contributed by atoms with Crippen LogP contribution in [-0.2, 0) is 19.4 Å². The molecule has 1 aliphatic heterocycles. The first-order valence-electron chi connectivity index (χ1n) is 7.75. The Kier molecular flexibility index (Phi) is 5.41. The monoisotopic (exact) mass is 260 g/mol. The quantitative estimate of drug-likeness (QED) is 0.803. The zero-order chi connectivity index (χ0) is 13.7. The van der Waals surface area contributed by atoms with Gasteiger partial charge in [0.25, 0.3) is 0 Å². The van der Waals surface area contributed by atoms with Crippen molar-refractivity contribution in [3.05, 3.63) is 34.9 Å². The molecule has 2 rings (SSSR count). The molecule has 1 saturated heterocycles.